The van der Waals surface area contributed by atoms with Gasteiger partial charge in [-0.05, 0) is 46.2 Å². The van der Waals surface area contributed by atoms with E-state index in [0.717, 1.165) is 31.6 Å². The van der Waals surface area contributed by atoms with Crippen LogP contribution < -0.4 is 5.32 Å². The van der Waals surface area contributed by atoms with Crippen LogP contribution in [0, 0.1) is 13.8 Å². The fourth-order valence-corrected chi connectivity index (χ4v) is 2.64. The minimum atomic E-state index is 0.0930. The second kappa shape index (κ2) is 6.10. The molecule has 1 aliphatic heterocycles. The first kappa shape index (κ1) is 13.9. The molecule has 1 aromatic heterocycles. The van der Waals surface area contributed by atoms with Gasteiger partial charge in [-0.3, -0.25) is 4.79 Å². The van der Waals surface area contributed by atoms with Crippen molar-refractivity contribution in [2.24, 2.45) is 0 Å². The van der Waals surface area contributed by atoms with Crippen molar-refractivity contribution in [2.75, 3.05) is 20.1 Å². The summed E-state index contributed by atoms with van der Waals surface area (Å²) in [6.07, 6.45) is 3.36. The van der Waals surface area contributed by atoms with Crippen LogP contribution in [0.3, 0.4) is 0 Å². The lowest BCUT2D eigenvalue weighted by atomic mass is 10.0. The first-order chi connectivity index (χ1) is 9.13. The summed E-state index contributed by atoms with van der Waals surface area (Å²) >= 11 is 0. The largest absolute Gasteiger partial charge is 0.334 e. The first-order valence-electron chi connectivity index (χ1n) is 6.90. The van der Waals surface area contributed by atoms with Crippen LogP contribution in [0.15, 0.2) is 6.07 Å². The Morgan fingerprint density at radius 2 is 2.21 bits per heavy atom. The van der Waals surface area contributed by atoms with Gasteiger partial charge in [-0.1, -0.05) is 0 Å². The van der Waals surface area contributed by atoms with Gasteiger partial charge in [0.15, 0.2) is 0 Å². The van der Waals surface area contributed by atoms with E-state index >= 15 is 0 Å². The van der Waals surface area contributed by atoms with E-state index in [1.54, 1.807) is 0 Å². The molecule has 5 nitrogen and oxygen atoms in total. The van der Waals surface area contributed by atoms with Crippen LogP contribution >= 0.6 is 0 Å². The van der Waals surface area contributed by atoms with E-state index in [1.165, 1.54) is 6.42 Å². The number of aryl methyl sites for hydroxylation is 2. The molecule has 1 amide bonds. The number of likely N-dealkylation sites (N-methyl/N-ethyl adjacent to an activating group) is 1. The van der Waals surface area contributed by atoms with Crippen LogP contribution in [-0.2, 0) is 0 Å². The van der Waals surface area contributed by atoms with Gasteiger partial charge in [-0.2, -0.15) is 10.2 Å². The molecule has 0 spiro atoms. The first-order valence-corrected chi connectivity index (χ1v) is 6.90. The molecule has 0 saturated carbocycles. The highest BCUT2D eigenvalue weighted by molar-refractivity contribution is 5.95. The molecule has 1 fully saturated rings. The van der Waals surface area contributed by atoms with Crippen molar-refractivity contribution in [3.8, 4) is 0 Å². The molecule has 0 bridgehead atoms. The number of nitrogens with one attached hydrogen (secondary N) is 1. The number of hydrogen-bond donors (Lipinski definition) is 1. The Balaban J connectivity index is 2.23. The van der Waals surface area contributed by atoms with Gasteiger partial charge >= 0.3 is 0 Å². The van der Waals surface area contributed by atoms with Crippen molar-refractivity contribution in [3.63, 3.8) is 0 Å². The van der Waals surface area contributed by atoms with Crippen LogP contribution in [0.4, 0.5) is 0 Å². The fourth-order valence-electron chi connectivity index (χ4n) is 2.64. The van der Waals surface area contributed by atoms with Crippen LogP contribution in [0.25, 0.3) is 0 Å². The van der Waals surface area contributed by atoms with Crippen molar-refractivity contribution >= 4 is 5.91 Å². The maximum Gasteiger partial charge on any atom is 0.256 e. The fraction of sp³-hybridized carbons (Fsp3) is 0.643. The number of likely N-dealkylation sites (tertiary alicyclic amines) is 1. The Kier molecular flexibility index (Phi) is 4.47. The van der Waals surface area contributed by atoms with Crippen LogP contribution in [0.2, 0.25) is 0 Å². The predicted molar refractivity (Wildman–Crippen MR) is 74.1 cm³/mol. The highest BCUT2D eigenvalue weighted by atomic mass is 16.2. The van der Waals surface area contributed by atoms with E-state index in [0.29, 0.717) is 17.3 Å². The van der Waals surface area contributed by atoms with E-state index < -0.39 is 0 Å². The zero-order valence-electron chi connectivity index (χ0n) is 11.9. The Morgan fingerprint density at radius 1 is 1.42 bits per heavy atom. The SMILES string of the molecule is CNCC1CCCCN1C(=O)c1cc(C)nnc1C. The van der Waals surface area contributed by atoms with Crippen LogP contribution in [0.5, 0.6) is 0 Å². The molecule has 1 aliphatic rings. The summed E-state index contributed by atoms with van der Waals surface area (Å²) in [5, 5.41) is 11.2. The van der Waals surface area contributed by atoms with Gasteiger partial charge in [0.2, 0.25) is 0 Å². The highest BCUT2D eigenvalue weighted by Crippen LogP contribution is 2.20. The summed E-state index contributed by atoms with van der Waals surface area (Å²) < 4.78 is 0. The van der Waals surface area contributed by atoms with Gasteiger partial charge in [0.05, 0.1) is 17.0 Å². The number of aromatic nitrogens is 2. The second-order valence-electron chi connectivity index (χ2n) is 5.19. The highest BCUT2D eigenvalue weighted by Gasteiger charge is 2.28. The van der Waals surface area contributed by atoms with Gasteiger partial charge in [-0.25, -0.2) is 0 Å². The van der Waals surface area contributed by atoms with E-state index in [9.17, 15) is 4.79 Å². The van der Waals surface area contributed by atoms with E-state index in [4.69, 9.17) is 0 Å². The number of carbonyl (C=O) groups excluding carboxylic acids is 1. The molecule has 1 saturated heterocycles. The molecule has 104 valence electrons. The Labute approximate surface area is 114 Å². The second-order valence-corrected chi connectivity index (χ2v) is 5.19. The molecule has 2 heterocycles. The lowest BCUT2D eigenvalue weighted by Crippen LogP contribution is -2.48. The molecule has 1 N–H and O–H groups in total. The molecule has 2 rings (SSSR count). The van der Waals surface area contributed by atoms with Crippen LogP contribution in [-0.4, -0.2) is 47.2 Å². The number of rotatable bonds is 3. The molecule has 0 aliphatic carbocycles. The number of amides is 1. The molecular weight excluding hydrogens is 240 g/mol. The normalized spacial score (nSPS) is 19.5. The summed E-state index contributed by atoms with van der Waals surface area (Å²) in [5.74, 6) is 0.0930. The quantitative estimate of drug-likeness (QED) is 0.892. The minimum Gasteiger partial charge on any atom is -0.334 e. The summed E-state index contributed by atoms with van der Waals surface area (Å²) in [6.45, 7) is 5.40. The van der Waals surface area contributed by atoms with Gasteiger partial charge in [0.25, 0.3) is 5.91 Å². The Hall–Kier alpha value is -1.49. The molecular formula is C14H22N4O. The average Bonchev–Trinajstić information content (AvgIpc) is 2.42. The topological polar surface area (TPSA) is 58.1 Å². The summed E-state index contributed by atoms with van der Waals surface area (Å²) in [7, 11) is 1.93. The lowest BCUT2D eigenvalue weighted by Gasteiger charge is -2.36. The molecule has 1 aromatic rings. The van der Waals surface area contributed by atoms with Gasteiger partial charge in [0.1, 0.15) is 0 Å². The van der Waals surface area contributed by atoms with Crippen molar-refractivity contribution in [3.05, 3.63) is 23.0 Å². The zero-order chi connectivity index (χ0) is 13.8. The van der Waals surface area contributed by atoms with Gasteiger partial charge in [0, 0.05) is 19.1 Å². The molecule has 19 heavy (non-hydrogen) atoms. The molecule has 1 atom stereocenters. The van der Waals surface area contributed by atoms with Crippen molar-refractivity contribution in [1.82, 2.24) is 20.4 Å². The number of nitrogens with zero attached hydrogens (tertiary/aromatic N) is 3. The van der Waals surface area contributed by atoms with Gasteiger partial charge < -0.3 is 10.2 Å². The molecule has 5 heteroatoms. The third-order valence-electron chi connectivity index (χ3n) is 3.66. The van der Waals surface area contributed by atoms with Crippen molar-refractivity contribution in [1.29, 1.82) is 0 Å². The maximum atomic E-state index is 12.7. The van der Waals surface area contributed by atoms with Crippen molar-refractivity contribution in [2.45, 2.75) is 39.2 Å². The number of piperidine rings is 1. The molecule has 1 unspecified atom stereocenters. The summed E-state index contributed by atoms with van der Waals surface area (Å²) in [4.78, 5) is 14.7. The monoisotopic (exact) mass is 262 g/mol. The van der Waals surface area contributed by atoms with E-state index in [2.05, 4.69) is 15.5 Å². The molecule has 0 aromatic carbocycles. The lowest BCUT2D eigenvalue weighted by molar-refractivity contribution is 0.0613. The third kappa shape index (κ3) is 3.10. The average molecular weight is 262 g/mol. The minimum absolute atomic E-state index is 0.0930. The molecule has 0 radical (unpaired) electrons. The smallest absolute Gasteiger partial charge is 0.256 e. The third-order valence-corrected chi connectivity index (χ3v) is 3.66. The summed E-state index contributed by atoms with van der Waals surface area (Å²) in [6, 6.07) is 2.13. The van der Waals surface area contributed by atoms with E-state index in [1.807, 2.05) is 31.9 Å². The number of carbonyl (C=O) groups is 1. The number of hydrogen-bond acceptors (Lipinski definition) is 4. The Bertz CT molecular complexity index is 459. The zero-order valence-corrected chi connectivity index (χ0v) is 11.9. The summed E-state index contributed by atoms with van der Waals surface area (Å²) in [5.41, 5.74) is 2.19. The standard InChI is InChI=1S/C14H22N4O/c1-10-8-13(11(2)17-16-10)14(19)18-7-5-4-6-12(18)9-15-3/h8,12,15H,4-7,9H2,1-3H3. The van der Waals surface area contributed by atoms with Crippen molar-refractivity contribution < 1.29 is 4.79 Å². The predicted octanol–water partition coefficient (Wildman–Crippen LogP) is 1.31. The van der Waals surface area contributed by atoms with Gasteiger partial charge in [-0.15, -0.1) is 0 Å². The van der Waals surface area contributed by atoms with E-state index in [-0.39, 0.29) is 5.91 Å². The Morgan fingerprint density at radius 3 is 2.95 bits per heavy atom. The maximum absolute atomic E-state index is 12.7. The van der Waals surface area contributed by atoms with Crippen LogP contribution in [0.1, 0.15) is 41.0 Å².